The Kier molecular flexibility index (Phi) is 6.42. The van der Waals surface area contributed by atoms with Crippen LogP contribution in [0.5, 0.6) is 11.6 Å². The first kappa shape index (κ1) is 18.6. The van der Waals surface area contributed by atoms with Crippen molar-refractivity contribution in [2.75, 3.05) is 0 Å². The molecule has 0 aliphatic rings. The van der Waals surface area contributed by atoms with Gasteiger partial charge in [-0.1, -0.05) is 36.2 Å². The minimum Gasteiger partial charge on any atom is -0.439 e. The lowest BCUT2D eigenvalue weighted by atomic mass is 10.1. The minimum absolute atomic E-state index is 0.558. The number of hydrogen-bond donors (Lipinski definition) is 0. The molecule has 26 heavy (non-hydrogen) atoms. The molecule has 0 aliphatic heterocycles. The number of rotatable bonds is 7. The van der Waals surface area contributed by atoms with Crippen LogP contribution in [0.2, 0.25) is 10.0 Å². The molecule has 0 N–H and O–H groups in total. The molecule has 0 unspecified atom stereocenters. The summed E-state index contributed by atoms with van der Waals surface area (Å²) in [6.07, 6.45) is 6.90. The summed E-state index contributed by atoms with van der Waals surface area (Å²) in [6, 6.07) is 11.1. The molecule has 0 saturated carbocycles. The Labute approximate surface area is 163 Å². The van der Waals surface area contributed by atoms with Crippen molar-refractivity contribution in [3.05, 3.63) is 75.9 Å². The standard InChI is InChI=1S/C20H19Cl2N3O/c1-2-17-20(22)18(25-13-24-17)5-3-4-14-6-11-19(23-12-14)26-16-9-7-15(21)8-10-16/h6-13H,2-5H2,1H3. The van der Waals surface area contributed by atoms with Crippen LogP contribution in [-0.4, -0.2) is 15.0 Å². The quantitative estimate of drug-likeness (QED) is 0.520. The first-order valence-corrected chi connectivity index (χ1v) is 9.28. The zero-order valence-electron chi connectivity index (χ0n) is 14.5. The number of pyridine rings is 1. The maximum Gasteiger partial charge on any atom is 0.219 e. The summed E-state index contributed by atoms with van der Waals surface area (Å²) in [5.74, 6) is 1.27. The zero-order valence-corrected chi connectivity index (χ0v) is 16.0. The summed E-state index contributed by atoms with van der Waals surface area (Å²) in [5, 5.41) is 1.37. The van der Waals surface area contributed by atoms with Gasteiger partial charge in [0.1, 0.15) is 12.1 Å². The van der Waals surface area contributed by atoms with E-state index >= 15 is 0 Å². The third-order valence-electron chi connectivity index (χ3n) is 3.98. The number of nitrogens with zero attached hydrogens (tertiary/aromatic N) is 3. The Morgan fingerprint density at radius 3 is 2.35 bits per heavy atom. The molecule has 0 fully saturated rings. The topological polar surface area (TPSA) is 47.9 Å². The molecular weight excluding hydrogens is 369 g/mol. The Hall–Kier alpha value is -2.17. The van der Waals surface area contributed by atoms with Gasteiger partial charge in [-0.15, -0.1) is 0 Å². The van der Waals surface area contributed by atoms with E-state index in [0.717, 1.165) is 42.6 Å². The summed E-state index contributed by atoms with van der Waals surface area (Å²) in [4.78, 5) is 12.9. The summed E-state index contributed by atoms with van der Waals surface area (Å²) in [5.41, 5.74) is 2.96. The van der Waals surface area contributed by atoms with E-state index in [-0.39, 0.29) is 0 Å². The second-order valence-corrected chi connectivity index (χ2v) is 6.66. The Balaban J connectivity index is 1.54. The lowest BCUT2D eigenvalue weighted by Crippen LogP contribution is -1.99. The Bertz CT molecular complexity index is 852. The van der Waals surface area contributed by atoms with Crippen LogP contribution in [0, 0.1) is 0 Å². The monoisotopic (exact) mass is 387 g/mol. The number of ether oxygens (including phenoxy) is 1. The van der Waals surface area contributed by atoms with Gasteiger partial charge in [-0.3, -0.25) is 0 Å². The normalized spacial score (nSPS) is 10.7. The third kappa shape index (κ3) is 4.93. The second kappa shape index (κ2) is 8.97. The van der Waals surface area contributed by atoms with E-state index in [1.807, 2.05) is 37.4 Å². The predicted octanol–water partition coefficient (Wildman–Crippen LogP) is 5.71. The van der Waals surface area contributed by atoms with Crippen molar-refractivity contribution in [1.29, 1.82) is 0 Å². The summed E-state index contributed by atoms with van der Waals surface area (Å²) in [7, 11) is 0. The second-order valence-electron chi connectivity index (χ2n) is 5.85. The van der Waals surface area contributed by atoms with Gasteiger partial charge in [0, 0.05) is 17.3 Å². The van der Waals surface area contributed by atoms with Crippen molar-refractivity contribution in [3.63, 3.8) is 0 Å². The van der Waals surface area contributed by atoms with Crippen LogP contribution in [0.1, 0.15) is 30.3 Å². The van der Waals surface area contributed by atoms with Crippen molar-refractivity contribution < 1.29 is 4.74 Å². The Morgan fingerprint density at radius 2 is 1.65 bits per heavy atom. The van der Waals surface area contributed by atoms with Crippen LogP contribution >= 0.6 is 23.2 Å². The fraction of sp³-hybridized carbons (Fsp3) is 0.250. The first-order valence-electron chi connectivity index (χ1n) is 8.52. The number of aromatic nitrogens is 3. The van der Waals surface area contributed by atoms with E-state index in [0.29, 0.717) is 21.7 Å². The van der Waals surface area contributed by atoms with Crippen molar-refractivity contribution in [2.45, 2.75) is 32.6 Å². The van der Waals surface area contributed by atoms with Gasteiger partial charge in [-0.25, -0.2) is 15.0 Å². The molecule has 0 aliphatic carbocycles. The highest BCUT2D eigenvalue weighted by Gasteiger charge is 2.08. The molecular formula is C20H19Cl2N3O. The van der Waals surface area contributed by atoms with E-state index in [1.165, 1.54) is 0 Å². The van der Waals surface area contributed by atoms with Crippen LogP contribution in [0.3, 0.4) is 0 Å². The van der Waals surface area contributed by atoms with Crippen molar-refractivity contribution in [2.24, 2.45) is 0 Å². The molecule has 2 heterocycles. The van der Waals surface area contributed by atoms with Gasteiger partial charge in [0.15, 0.2) is 0 Å². The zero-order chi connectivity index (χ0) is 18.4. The van der Waals surface area contributed by atoms with Crippen LogP contribution in [-0.2, 0) is 19.3 Å². The van der Waals surface area contributed by atoms with Gasteiger partial charge >= 0.3 is 0 Å². The van der Waals surface area contributed by atoms with Crippen molar-refractivity contribution >= 4 is 23.2 Å². The molecule has 0 radical (unpaired) electrons. The fourth-order valence-corrected chi connectivity index (χ4v) is 3.02. The maximum atomic E-state index is 6.34. The molecule has 134 valence electrons. The summed E-state index contributed by atoms with van der Waals surface area (Å²) < 4.78 is 5.70. The largest absolute Gasteiger partial charge is 0.439 e. The molecule has 0 amide bonds. The SMILES string of the molecule is CCc1ncnc(CCCc2ccc(Oc3ccc(Cl)cc3)nc2)c1Cl. The van der Waals surface area contributed by atoms with E-state index in [1.54, 1.807) is 18.5 Å². The molecule has 0 spiro atoms. The minimum atomic E-state index is 0.558. The van der Waals surface area contributed by atoms with E-state index in [9.17, 15) is 0 Å². The maximum absolute atomic E-state index is 6.34. The summed E-state index contributed by atoms with van der Waals surface area (Å²) >= 11 is 12.2. The Morgan fingerprint density at radius 1 is 0.885 bits per heavy atom. The molecule has 0 bridgehead atoms. The van der Waals surface area contributed by atoms with Crippen LogP contribution < -0.4 is 4.74 Å². The van der Waals surface area contributed by atoms with E-state index in [4.69, 9.17) is 27.9 Å². The van der Waals surface area contributed by atoms with Gasteiger partial charge in [-0.2, -0.15) is 0 Å². The third-order valence-corrected chi connectivity index (χ3v) is 4.67. The smallest absolute Gasteiger partial charge is 0.219 e. The van der Waals surface area contributed by atoms with Gasteiger partial charge in [0.2, 0.25) is 5.88 Å². The molecule has 2 aromatic heterocycles. The highest BCUT2D eigenvalue weighted by Crippen LogP contribution is 2.22. The van der Waals surface area contributed by atoms with Crippen LogP contribution in [0.25, 0.3) is 0 Å². The highest BCUT2D eigenvalue weighted by molar-refractivity contribution is 6.31. The molecule has 3 aromatic rings. The number of aryl methyl sites for hydroxylation is 3. The summed E-state index contributed by atoms with van der Waals surface area (Å²) in [6.45, 7) is 2.04. The van der Waals surface area contributed by atoms with E-state index in [2.05, 4.69) is 15.0 Å². The average Bonchev–Trinajstić information content (AvgIpc) is 2.66. The average molecular weight is 388 g/mol. The van der Waals surface area contributed by atoms with Gasteiger partial charge in [0.25, 0.3) is 0 Å². The lowest BCUT2D eigenvalue weighted by Gasteiger charge is -2.07. The molecule has 0 saturated heterocycles. The van der Waals surface area contributed by atoms with Gasteiger partial charge in [-0.05, 0) is 55.5 Å². The van der Waals surface area contributed by atoms with Gasteiger partial charge in [0.05, 0.1) is 16.4 Å². The fourth-order valence-electron chi connectivity index (χ4n) is 2.57. The van der Waals surface area contributed by atoms with Gasteiger partial charge < -0.3 is 4.74 Å². The highest BCUT2D eigenvalue weighted by atomic mass is 35.5. The van der Waals surface area contributed by atoms with E-state index < -0.39 is 0 Å². The van der Waals surface area contributed by atoms with Crippen LogP contribution in [0.4, 0.5) is 0 Å². The van der Waals surface area contributed by atoms with Crippen molar-refractivity contribution in [3.8, 4) is 11.6 Å². The number of benzene rings is 1. The van der Waals surface area contributed by atoms with Crippen molar-refractivity contribution in [1.82, 2.24) is 15.0 Å². The molecule has 4 nitrogen and oxygen atoms in total. The lowest BCUT2D eigenvalue weighted by molar-refractivity contribution is 0.462. The number of halogens is 2. The molecule has 3 rings (SSSR count). The number of hydrogen-bond acceptors (Lipinski definition) is 4. The molecule has 0 atom stereocenters. The predicted molar refractivity (Wildman–Crippen MR) is 104 cm³/mol. The first-order chi connectivity index (χ1) is 12.7. The molecule has 1 aromatic carbocycles. The van der Waals surface area contributed by atoms with Crippen LogP contribution in [0.15, 0.2) is 48.9 Å². The molecule has 6 heteroatoms.